The molecule has 1 aromatic heterocycles. The molecular formula is C12H10ClN3O. The van der Waals surface area contributed by atoms with Gasteiger partial charge in [-0.3, -0.25) is 4.79 Å². The minimum atomic E-state index is -0.302. The van der Waals surface area contributed by atoms with Crippen LogP contribution in [0, 0.1) is 6.92 Å². The molecule has 86 valence electrons. The molecule has 5 heteroatoms. The van der Waals surface area contributed by atoms with Crippen molar-refractivity contribution in [2.45, 2.75) is 6.92 Å². The van der Waals surface area contributed by atoms with Crippen molar-refractivity contribution in [3.63, 3.8) is 0 Å². The van der Waals surface area contributed by atoms with Gasteiger partial charge in [0.05, 0.1) is 10.7 Å². The van der Waals surface area contributed by atoms with Crippen molar-refractivity contribution in [2.75, 3.05) is 5.32 Å². The average Bonchev–Trinajstić information content (AvgIpc) is 2.35. The fraction of sp³-hybridized carbons (Fsp3) is 0.0833. The maximum Gasteiger partial charge on any atom is 0.274 e. The van der Waals surface area contributed by atoms with Crippen molar-refractivity contribution in [1.82, 2.24) is 9.97 Å². The molecule has 4 nitrogen and oxygen atoms in total. The molecular weight excluding hydrogens is 238 g/mol. The highest BCUT2D eigenvalue weighted by molar-refractivity contribution is 6.34. The van der Waals surface area contributed by atoms with E-state index in [1.807, 2.05) is 19.1 Å². The van der Waals surface area contributed by atoms with Gasteiger partial charge in [-0.1, -0.05) is 23.7 Å². The molecule has 17 heavy (non-hydrogen) atoms. The van der Waals surface area contributed by atoms with E-state index in [0.29, 0.717) is 16.4 Å². The molecule has 0 aliphatic heterocycles. The van der Waals surface area contributed by atoms with Crippen molar-refractivity contribution in [3.05, 3.63) is 53.1 Å². The Balaban J connectivity index is 2.25. The number of anilines is 1. The van der Waals surface area contributed by atoms with Crippen LogP contribution in [-0.2, 0) is 0 Å². The van der Waals surface area contributed by atoms with Crippen LogP contribution < -0.4 is 5.32 Å². The second-order valence-electron chi connectivity index (χ2n) is 3.48. The predicted molar refractivity (Wildman–Crippen MR) is 66.2 cm³/mol. The third-order valence-electron chi connectivity index (χ3n) is 2.28. The molecule has 0 aliphatic carbocycles. The first kappa shape index (κ1) is 11.5. The molecule has 0 radical (unpaired) electrons. The number of carbonyl (C=O) groups excluding carboxylic acids is 1. The van der Waals surface area contributed by atoms with Crippen LogP contribution in [0.25, 0.3) is 0 Å². The Kier molecular flexibility index (Phi) is 3.35. The Morgan fingerprint density at radius 3 is 2.82 bits per heavy atom. The topological polar surface area (TPSA) is 54.9 Å². The lowest BCUT2D eigenvalue weighted by atomic mass is 10.2. The van der Waals surface area contributed by atoms with Crippen LogP contribution >= 0.6 is 11.6 Å². The second kappa shape index (κ2) is 4.93. The number of benzene rings is 1. The summed E-state index contributed by atoms with van der Waals surface area (Å²) in [7, 11) is 0. The Morgan fingerprint density at radius 2 is 2.18 bits per heavy atom. The minimum Gasteiger partial charge on any atom is -0.319 e. The summed E-state index contributed by atoms with van der Waals surface area (Å²) in [6.07, 6.45) is 2.84. The smallest absolute Gasteiger partial charge is 0.274 e. The summed E-state index contributed by atoms with van der Waals surface area (Å²) in [5.74, 6) is -0.302. The predicted octanol–water partition coefficient (Wildman–Crippen LogP) is 2.69. The Labute approximate surface area is 104 Å². The number of amides is 1. The largest absolute Gasteiger partial charge is 0.319 e. The molecule has 0 fully saturated rings. The van der Waals surface area contributed by atoms with Gasteiger partial charge < -0.3 is 5.32 Å². The molecule has 1 aromatic carbocycles. The average molecular weight is 248 g/mol. The third kappa shape index (κ3) is 2.60. The molecule has 2 rings (SSSR count). The van der Waals surface area contributed by atoms with Gasteiger partial charge in [0.15, 0.2) is 0 Å². The van der Waals surface area contributed by atoms with Gasteiger partial charge >= 0.3 is 0 Å². The molecule has 0 unspecified atom stereocenters. The first-order valence-corrected chi connectivity index (χ1v) is 5.39. The fourth-order valence-electron chi connectivity index (χ4n) is 1.39. The van der Waals surface area contributed by atoms with Crippen molar-refractivity contribution >= 4 is 23.2 Å². The number of aromatic nitrogens is 2. The van der Waals surface area contributed by atoms with E-state index >= 15 is 0 Å². The summed E-state index contributed by atoms with van der Waals surface area (Å²) in [6.45, 7) is 1.88. The van der Waals surface area contributed by atoms with Gasteiger partial charge in [-0.15, -0.1) is 0 Å². The molecule has 0 spiro atoms. The number of hydrogen-bond donors (Lipinski definition) is 1. The van der Waals surface area contributed by atoms with Gasteiger partial charge in [-0.2, -0.15) is 0 Å². The number of halogens is 1. The standard InChI is InChI=1S/C12H10ClN3O/c1-8-3-2-4-9(13)11(8)16-12(17)10-5-6-14-7-15-10/h2-7H,1H3,(H,16,17). The molecule has 0 saturated heterocycles. The van der Waals surface area contributed by atoms with Crippen molar-refractivity contribution in [1.29, 1.82) is 0 Å². The first-order chi connectivity index (χ1) is 8.18. The number of carbonyl (C=O) groups is 1. The lowest BCUT2D eigenvalue weighted by Gasteiger charge is -2.09. The van der Waals surface area contributed by atoms with Crippen molar-refractivity contribution < 1.29 is 4.79 Å². The van der Waals surface area contributed by atoms with Gasteiger partial charge in [0, 0.05) is 6.20 Å². The Hall–Kier alpha value is -1.94. The second-order valence-corrected chi connectivity index (χ2v) is 3.89. The lowest BCUT2D eigenvalue weighted by Crippen LogP contribution is -2.14. The van der Waals surface area contributed by atoms with Gasteiger partial charge in [0.25, 0.3) is 5.91 Å². The normalized spacial score (nSPS) is 10.0. The first-order valence-electron chi connectivity index (χ1n) is 5.01. The zero-order valence-corrected chi connectivity index (χ0v) is 9.90. The van der Waals surface area contributed by atoms with Crippen LogP contribution in [0.4, 0.5) is 5.69 Å². The number of aryl methyl sites for hydroxylation is 1. The van der Waals surface area contributed by atoms with Gasteiger partial charge in [0.2, 0.25) is 0 Å². The quantitative estimate of drug-likeness (QED) is 0.888. The van der Waals surface area contributed by atoms with Crippen molar-refractivity contribution in [3.8, 4) is 0 Å². The third-order valence-corrected chi connectivity index (χ3v) is 2.59. The van der Waals surface area contributed by atoms with E-state index in [1.165, 1.54) is 12.5 Å². The van der Waals surface area contributed by atoms with E-state index in [1.54, 1.807) is 12.1 Å². The highest BCUT2D eigenvalue weighted by Crippen LogP contribution is 2.25. The van der Waals surface area contributed by atoms with Crippen LogP contribution in [0.5, 0.6) is 0 Å². The van der Waals surface area contributed by atoms with E-state index in [0.717, 1.165) is 5.56 Å². The Morgan fingerprint density at radius 1 is 1.35 bits per heavy atom. The molecule has 1 N–H and O–H groups in total. The van der Waals surface area contributed by atoms with Gasteiger partial charge in [-0.25, -0.2) is 9.97 Å². The maximum absolute atomic E-state index is 11.9. The summed E-state index contributed by atoms with van der Waals surface area (Å²) in [5.41, 5.74) is 1.82. The lowest BCUT2D eigenvalue weighted by molar-refractivity contribution is 0.102. The summed E-state index contributed by atoms with van der Waals surface area (Å²) in [5, 5.41) is 3.24. The van der Waals surface area contributed by atoms with E-state index < -0.39 is 0 Å². The highest BCUT2D eigenvalue weighted by Gasteiger charge is 2.10. The van der Waals surface area contributed by atoms with Crippen LogP contribution in [0.2, 0.25) is 5.02 Å². The number of hydrogen-bond acceptors (Lipinski definition) is 3. The zero-order valence-electron chi connectivity index (χ0n) is 9.14. The van der Waals surface area contributed by atoms with E-state index in [-0.39, 0.29) is 5.91 Å². The molecule has 1 heterocycles. The maximum atomic E-state index is 11.9. The minimum absolute atomic E-state index is 0.302. The number of para-hydroxylation sites is 1. The SMILES string of the molecule is Cc1cccc(Cl)c1NC(=O)c1ccncn1. The number of nitrogens with one attached hydrogen (secondary N) is 1. The van der Waals surface area contributed by atoms with E-state index in [2.05, 4.69) is 15.3 Å². The number of rotatable bonds is 2. The fourth-order valence-corrected chi connectivity index (χ4v) is 1.66. The summed E-state index contributed by atoms with van der Waals surface area (Å²) in [6, 6.07) is 6.98. The van der Waals surface area contributed by atoms with E-state index in [9.17, 15) is 4.79 Å². The molecule has 0 bridgehead atoms. The van der Waals surface area contributed by atoms with E-state index in [4.69, 9.17) is 11.6 Å². The molecule has 0 atom stereocenters. The van der Waals surface area contributed by atoms with Crippen LogP contribution in [0.15, 0.2) is 36.8 Å². The van der Waals surface area contributed by atoms with Crippen molar-refractivity contribution in [2.24, 2.45) is 0 Å². The molecule has 0 saturated carbocycles. The van der Waals surface area contributed by atoms with Crippen LogP contribution in [0.3, 0.4) is 0 Å². The zero-order chi connectivity index (χ0) is 12.3. The summed E-state index contributed by atoms with van der Waals surface area (Å²) < 4.78 is 0. The monoisotopic (exact) mass is 247 g/mol. The van der Waals surface area contributed by atoms with Crippen LogP contribution in [-0.4, -0.2) is 15.9 Å². The van der Waals surface area contributed by atoms with Crippen LogP contribution in [0.1, 0.15) is 16.1 Å². The van der Waals surface area contributed by atoms with Gasteiger partial charge in [0.1, 0.15) is 12.0 Å². The highest BCUT2D eigenvalue weighted by atomic mass is 35.5. The molecule has 0 aliphatic rings. The van der Waals surface area contributed by atoms with Gasteiger partial charge in [-0.05, 0) is 24.6 Å². The molecule has 2 aromatic rings. The molecule has 1 amide bonds. The summed E-state index contributed by atoms with van der Waals surface area (Å²) in [4.78, 5) is 19.5. The number of nitrogens with zero attached hydrogens (tertiary/aromatic N) is 2. The Bertz CT molecular complexity index is 522. The summed E-state index contributed by atoms with van der Waals surface area (Å²) >= 11 is 6.01.